The highest BCUT2D eigenvalue weighted by Crippen LogP contribution is 2.33. The van der Waals surface area contributed by atoms with Crippen LogP contribution in [0.15, 0.2) is 83.8 Å². The van der Waals surface area contributed by atoms with Gasteiger partial charge in [0.15, 0.2) is 11.6 Å². The molecular formula is C32H32FN5O5. The van der Waals surface area contributed by atoms with Crippen LogP contribution in [-0.4, -0.2) is 64.1 Å². The number of hydrogen-bond acceptors (Lipinski definition) is 7. The van der Waals surface area contributed by atoms with Gasteiger partial charge in [-0.05, 0) is 63.5 Å². The molecule has 1 unspecified atom stereocenters. The molecule has 0 aliphatic carbocycles. The van der Waals surface area contributed by atoms with E-state index >= 15 is 4.39 Å². The summed E-state index contributed by atoms with van der Waals surface area (Å²) in [5.41, 5.74) is 1.01. The van der Waals surface area contributed by atoms with Gasteiger partial charge in [0, 0.05) is 35.9 Å². The molecule has 0 radical (unpaired) electrons. The molecule has 1 amide bonds. The third-order valence-electron chi connectivity index (χ3n) is 6.90. The van der Waals surface area contributed by atoms with Gasteiger partial charge in [0.1, 0.15) is 17.1 Å². The maximum absolute atomic E-state index is 15.2. The second kappa shape index (κ2) is 12.5. The zero-order chi connectivity index (χ0) is 30.7. The molecule has 2 N–H and O–H groups in total. The molecule has 0 saturated heterocycles. The molecule has 0 bridgehead atoms. The van der Waals surface area contributed by atoms with Gasteiger partial charge >= 0.3 is 0 Å². The number of methoxy groups -OCH3 is 1. The van der Waals surface area contributed by atoms with E-state index in [0.29, 0.717) is 40.3 Å². The van der Waals surface area contributed by atoms with E-state index in [2.05, 4.69) is 10.3 Å². The number of pyridine rings is 1. The van der Waals surface area contributed by atoms with Crippen molar-refractivity contribution < 1.29 is 23.8 Å². The van der Waals surface area contributed by atoms with E-state index in [1.54, 1.807) is 73.4 Å². The SMILES string of the molecule is COc1ccc2c(Oc3ccc(NC(=O)c4c(C)n(CC(O)CN(C)C)n(-c5ccccc5)c4=O)cc3F)ccnc2c1. The largest absolute Gasteiger partial charge is 0.497 e. The predicted molar refractivity (Wildman–Crippen MR) is 162 cm³/mol. The molecule has 43 heavy (non-hydrogen) atoms. The lowest BCUT2D eigenvalue weighted by atomic mass is 10.2. The standard InChI is InChI=1S/C32H32FN5O5/c1-20-30(32(41)38(22-8-6-5-7-9-22)37(20)19-23(39)18-36(2)3)31(40)35-21-10-13-29(26(33)16-21)43-28-14-15-34-27-17-24(42-4)11-12-25(27)28/h5-17,23,39H,18-19H2,1-4H3,(H,35,40). The van der Waals surface area contributed by atoms with Gasteiger partial charge in [-0.25, -0.2) is 9.07 Å². The summed E-state index contributed by atoms with van der Waals surface area (Å²) in [6.07, 6.45) is 0.757. The minimum absolute atomic E-state index is 0.0510. The number of nitrogens with one attached hydrogen (secondary N) is 1. The van der Waals surface area contributed by atoms with E-state index in [0.717, 1.165) is 6.07 Å². The normalized spacial score (nSPS) is 12.0. The number of carbonyl (C=O) groups excluding carboxylic acids is 1. The molecule has 222 valence electrons. The third kappa shape index (κ3) is 6.27. The minimum Gasteiger partial charge on any atom is -0.497 e. The van der Waals surface area contributed by atoms with Gasteiger partial charge < -0.3 is 24.8 Å². The van der Waals surface area contributed by atoms with Crippen molar-refractivity contribution in [1.82, 2.24) is 19.2 Å². The molecule has 2 heterocycles. The fraction of sp³-hybridized carbons (Fsp3) is 0.219. The molecule has 10 nitrogen and oxygen atoms in total. The zero-order valence-corrected chi connectivity index (χ0v) is 24.2. The molecular weight excluding hydrogens is 553 g/mol. The van der Waals surface area contributed by atoms with Crippen LogP contribution in [-0.2, 0) is 6.54 Å². The number of nitrogens with zero attached hydrogens (tertiary/aromatic N) is 4. The smallest absolute Gasteiger partial charge is 0.284 e. The fourth-order valence-electron chi connectivity index (χ4n) is 4.93. The summed E-state index contributed by atoms with van der Waals surface area (Å²) in [5, 5.41) is 14.0. The number of ether oxygens (including phenoxy) is 2. The van der Waals surface area contributed by atoms with Gasteiger partial charge in [0.25, 0.3) is 11.5 Å². The molecule has 11 heteroatoms. The van der Waals surface area contributed by atoms with E-state index < -0.39 is 23.4 Å². The van der Waals surface area contributed by atoms with Crippen molar-refractivity contribution in [3.63, 3.8) is 0 Å². The summed E-state index contributed by atoms with van der Waals surface area (Å²) in [7, 11) is 5.23. The molecule has 5 rings (SSSR count). The van der Waals surface area contributed by atoms with Crippen LogP contribution >= 0.6 is 0 Å². The van der Waals surface area contributed by atoms with Crippen LogP contribution in [0.4, 0.5) is 10.1 Å². The Hall–Kier alpha value is -5.00. The van der Waals surface area contributed by atoms with E-state index in [4.69, 9.17) is 9.47 Å². The highest BCUT2D eigenvalue weighted by atomic mass is 19.1. The lowest BCUT2D eigenvalue weighted by Gasteiger charge is -2.20. The summed E-state index contributed by atoms with van der Waals surface area (Å²) in [6.45, 7) is 2.09. The van der Waals surface area contributed by atoms with Crippen LogP contribution in [0.25, 0.3) is 16.6 Å². The van der Waals surface area contributed by atoms with Crippen molar-refractivity contribution in [2.45, 2.75) is 19.6 Å². The quantitative estimate of drug-likeness (QED) is 0.246. The number of fused-ring (bicyclic) bond motifs is 1. The van der Waals surface area contributed by atoms with Crippen molar-refractivity contribution in [2.75, 3.05) is 33.1 Å². The van der Waals surface area contributed by atoms with Gasteiger partial charge in [-0.1, -0.05) is 18.2 Å². The van der Waals surface area contributed by atoms with Crippen LogP contribution in [0.3, 0.4) is 0 Å². The van der Waals surface area contributed by atoms with Crippen LogP contribution in [0, 0.1) is 12.7 Å². The molecule has 0 aliphatic heterocycles. The number of para-hydroxylation sites is 1. The molecule has 0 spiro atoms. The second-order valence-electron chi connectivity index (χ2n) is 10.3. The number of carbonyl (C=O) groups is 1. The summed E-state index contributed by atoms with van der Waals surface area (Å²) < 4.78 is 29.3. The van der Waals surface area contributed by atoms with Gasteiger partial charge in [-0.2, -0.15) is 0 Å². The summed E-state index contributed by atoms with van der Waals surface area (Å²) in [5.74, 6) is -0.424. The van der Waals surface area contributed by atoms with Crippen molar-refractivity contribution in [1.29, 1.82) is 0 Å². The number of aromatic nitrogens is 3. The first-order valence-corrected chi connectivity index (χ1v) is 13.6. The summed E-state index contributed by atoms with van der Waals surface area (Å²) >= 11 is 0. The Labute approximate surface area is 247 Å². The molecule has 3 aromatic carbocycles. The summed E-state index contributed by atoms with van der Waals surface area (Å²) in [6, 6.07) is 19.8. The number of hydrogen-bond donors (Lipinski definition) is 2. The first-order chi connectivity index (χ1) is 20.7. The Morgan fingerprint density at radius 3 is 2.53 bits per heavy atom. The Morgan fingerprint density at radius 1 is 1.07 bits per heavy atom. The topological polar surface area (TPSA) is 111 Å². The number of anilines is 1. The van der Waals surface area contributed by atoms with E-state index in [1.807, 2.05) is 25.1 Å². The van der Waals surface area contributed by atoms with Crippen molar-refractivity contribution in [2.24, 2.45) is 0 Å². The highest BCUT2D eigenvalue weighted by Gasteiger charge is 2.25. The van der Waals surface area contributed by atoms with Crippen molar-refractivity contribution >= 4 is 22.5 Å². The van der Waals surface area contributed by atoms with Gasteiger partial charge in [-0.15, -0.1) is 0 Å². The van der Waals surface area contributed by atoms with Gasteiger partial charge in [0.05, 0.1) is 36.7 Å². The average Bonchev–Trinajstić information content (AvgIpc) is 3.22. The first kappa shape index (κ1) is 29.5. The van der Waals surface area contributed by atoms with E-state index in [-0.39, 0.29) is 23.5 Å². The van der Waals surface area contributed by atoms with Crippen molar-refractivity contribution in [3.05, 3.63) is 106 Å². The average molecular weight is 586 g/mol. The number of amides is 1. The fourth-order valence-corrected chi connectivity index (χ4v) is 4.93. The number of aliphatic hydroxyl groups is 1. The Morgan fingerprint density at radius 2 is 1.84 bits per heavy atom. The maximum Gasteiger partial charge on any atom is 0.284 e. The minimum atomic E-state index is -0.799. The zero-order valence-electron chi connectivity index (χ0n) is 24.2. The molecule has 0 saturated carbocycles. The van der Waals surface area contributed by atoms with Gasteiger partial charge in [-0.3, -0.25) is 19.3 Å². The van der Waals surface area contributed by atoms with Crippen LogP contribution in [0.2, 0.25) is 0 Å². The van der Waals surface area contributed by atoms with Crippen LogP contribution in [0.5, 0.6) is 17.2 Å². The van der Waals surface area contributed by atoms with Crippen LogP contribution < -0.4 is 20.3 Å². The number of halogens is 1. The van der Waals surface area contributed by atoms with Gasteiger partial charge in [0.2, 0.25) is 0 Å². The Bertz CT molecular complexity index is 1830. The highest BCUT2D eigenvalue weighted by molar-refractivity contribution is 6.05. The Balaban J connectivity index is 1.42. The summed E-state index contributed by atoms with van der Waals surface area (Å²) in [4.78, 5) is 33.2. The lowest BCUT2D eigenvalue weighted by molar-refractivity contribution is 0.102. The maximum atomic E-state index is 15.2. The number of aliphatic hydroxyl groups excluding tert-OH is 1. The van der Waals surface area contributed by atoms with E-state index in [1.165, 1.54) is 16.8 Å². The monoisotopic (exact) mass is 585 g/mol. The lowest BCUT2D eigenvalue weighted by Crippen LogP contribution is -2.33. The predicted octanol–water partition coefficient (Wildman–Crippen LogP) is 4.61. The first-order valence-electron chi connectivity index (χ1n) is 13.6. The number of rotatable bonds is 10. The number of benzene rings is 3. The molecule has 0 fully saturated rings. The van der Waals surface area contributed by atoms with E-state index in [9.17, 15) is 14.7 Å². The molecule has 1 atom stereocenters. The molecule has 0 aliphatic rings. The third-order valence-corrected chi connectivity index (χ3v) is 6.90. The molecule has 2 aromatic heterocycles. The second-order valence-corrected chi connectivity index (χ2v) is 10.3. The van der Waals surface area contributed by atoms with Crippen LogP contribution in [0.1, 0.15) is 16.1 Å². The number of likely N-dealkylation sites (N-methyl/N-ethyl adjacent to an activating group) is 1. The van der Waals surface area contributed by atoms with Crippen molar-refractivity contribution in [3.8, 4) is 22.9 Å². The molecule has 5 aromatic rings. The Kier molecular flexibility index (Phi) is 8.56.